The molecule has 1 amide bonds. The molecule has 0 N–H and O–H groups in total. The molecule has 0 radical (unpaired) electrons. The molecule has 2 fully saturated rings. The summed E-state index contributed by atoms with van der Waals surface area (Å²) in [7, 11) is 0. The summed E-state index contributed by atoms with van der Waals surface area (Å²) in [6, 6.07) is 6.34. The van der Waals surface area contributed by atoms with Crippen molar-refractivity contribution >= 4 is 28.5 Å². The number of carbonyl (C=O) groups is 1. The average Bonchev–Trinajstić information content (AvgIpc) is 3.26. The van der Waals surface area contributed by atoms with E-state index in [-0.39, 0.29) is 6.09 Å². The molecule has 2 aromatic heterocycles. The van der Waals surface area contributed by atoms with E-state index in [9.17, 15) is 4.79 Å². The van der Waals surface area contributed by atoms with Gasteiger partial charge in [0, 0.05) is 56.4 Å². The number of hydrogen-bond acceptors (Lipinski definition) is 8. The minimum atomic E-state index is -0.498. The molecule has 5 rings (SSSR count). The smallest absolute Gasteiger partial charge is 0.410 e. The van der Waals surface area contributed by atoms with E-state index >= 15 is 0 Å². The number of rotatable bonds is 3. The molecule has 1 aromatic carbocycles. The van der Waals surface area contributed by atoms with Gasteiger partial charge in [0.05, 0.1) is 24.9 Å². The number of aromatic nitrogens is 4. The van der Waals surface area contributed by atoms with Crippen molar-refractivity contribution in [1.29, 1.82) is 0 Å². The lowest BCUT2D eigenvalue weighted by molar-refractivity contribution is 0.0240. The number of hydrogen-bond donors (Lipinski definition) is 0. The highest BCUT2D eigenvalue weighted by Gasteiger charge is 2.26. The molecule has 0 saturated carbocycles. The van der Waals surface area contributed by atoms with E-state index in [0.717, 1.165) is 48.8 Å². The highest BCUT2D eigenvalue weighted by atomic mass is 16.6. The van der Waals surface area contributed by atoms with E-state index in [1.54, 1.807) is 11.2 Å². The van der Waals surface area contributed by atoms with Gasteiger partial charge in [-0.05, 0) is 45.4 Å². The number of piperazine rings is 1. The fourth-order valence-electron chi connectivity index (χ4n) is 4.57. The third-order valence-corrected chi connectivity index (χ3v) is 6.35. The molecular weight excluding hydrogens is 446 g/mol. The third kappa shape index (κ3) is 5.02. The molecule has 186 valence electrons. The molecular formula is C25H33N7O3. The first-order valence-electron chi connectivity index (χ1n) is 12.1. The lowest BCUT2D eigenvalue weighted by atomic mass is 10.1. The Morgan fingerprint density at radius 1 is 0.943 bits per heavy atom. The van der Waals surface area contributed by atoms with E-state index < -0.39 is 5.60 Å². The quantitative estimate of drug-likeness (QED) is 0.567. The molecule has 4 heterocycles. The standard InChI is InChI=1S/C25H33N7O3/c1-18-13-19-16-28-32(21(19)14-20(18)29-9-11-34-12-10-29)23-15-22(26-17-27-23)30-5-7-31(8-6-30)24(33)35-25(2,3)4/h13-17H,5-12H2,1-4H3. The van der Waals surface area contributed by atoms with Gasteiger partial charge in [-0.25, -0.2) is 19.4 Å². The number of nitrogens with zero attached hydrogens (tertiary/aromatic N) is 7. The zero-order valence-corrected chi connectivity index (χ0v) is 20.9. The van der Waals surface area contributed by atoms with Gasteiger partial charge < -0.3 is 24.2 Å². The van der Waals surface area contributed by atoms with Gasteiger partial charge in [0.2, 0.25) is 0 Å². The minimum absolute atomic E-state index is 0.269. The van der Waals surface area contributed by atoms with E-state index in [1.807, 2.05) is 37.7 Å². The van der Waals surface area contributed by atoms with E-state index in [0.29, 0.717) is 26.2 Å². The van der Waals surface area contributed by atoms with Crippen LogP contribution in [0.2, 0.25) is 0 Å². The number of carbonyl (C=O) groups excluding carboxylic acids is 1. The molecule has 3 aromatic rings. The molecule has 10 heteroatoms. The molecule has 2 aliphatic rings. The lowest BCUT2D eigenvalue weighted by Crippen LogP contribution is -2.50. The van der Waals surface area contributed by atoms with Gasteiger partial charge >= 0.3 is 6.09 Å². The number of morpholine rings is 1. The van der Waals surface area contributed by atoms with Gasteiger partial charge in [-0.15, -0.1) is 0 Å². The SMILES string of the molecule is Cc1cc2cnn(-c3cc(N4CCN(C(=O)OC(C)(C)C)CC4)ncn3)c2cc1N1CCOCC1. The van der Waals surface area contributed by atoms with Crippen LogP contribution in [0.4, 0.5) is 16.3 Å². The molecule has 2 aliphatic heterocycles. The number of anilines is 2. The number of aryl methyl sites for hydroxylation is 1. The first kappa shape index (κ1) is 23.3. The van der Waals surface area contributed by atoms with Crippen LogP contribution in [0.5, 0.6) is 0 Å². The summed E-state index contributed by atoms with van der Waals surface area (Å²) in [6.45, 7) is 13.6. The Kier molecular flexibility index (Phi) is 6.22. The highest BCUT2D eigenvalue weighted by Crippen LogP contribution is 2.29. The van der Waals surface area contributed by atoms with E-state index in [2.05, 4.69) is 43.9 Å². The normalized spacial score (nSPS) is 17.2. The molecule has 2 saturated heterocycles. The summed E-state index contributed by atoms with van der Waals surface area (Å²) >= 11 is 0. The summed E-state index contributed by atoms with van der Waals surface area (Å²) < 4.78 is 12.9. The highest BCUT2D eigenvalue weighted by molar-refractivity contribution is 5.85. The monoisotopic (exact) mass is 479 g/mol. The summed E-state index contributed by atoms with van der Waals surface area (Å²) in [5.41, 5.74) is 2.94. The molecule has 0 unspecified atom stereocenters. The Morgan fingerprint density at radius 3 is 2.37 bits per heavy atom. The predicted octanol–water partition coefficient (Wildman–Crippen LogP) is 3.02. The zero-order valence-electron chi connectivity index (χ0n) is 20.9. The zero-order chi connectivity index (χ0) is 24.6. The maximum atomic E-state index is 12.4. The number of benzene rings is 1. The van der Waals surface area contributed by atoms with Crippen LogP contribution in [0, 0.1) is 6.92 Å². The Bertz CT molecular complexity index is 1210. The van der Waals surface area contributed by atoms with Gasteiger partial charge in [-0.3, -0.25) is 0 Å². The van der Waals surface area contributed by atoms with Crippen molar-refractivity contribution in [3.05, 3.63) is 36.3 Å². The average molecular weight is 480 g/mol. The Morgan fingerprint density at radius 2 is 1.66 bits per heavy atom. The fraction of sp³-hybridized carbons (Fsp3) is 0.520. The molecule has 0 bridgehead atoms. The first-order valence-corrected chi connectivity index (χ1v) is 12.1. The summed E-state index contributed by atoms with van der Waals surface area (Å²) in [6.07, 6.45) is 3.19. The van der Waals surface area contributed by atoms with E-state index in [1.165, 1.54) is 11.3 Å². The molecule has 0 aliphatic carbocycles. The molecule has 0 atom stereocenters. The van der Waals surface area contributed by atoms with Gasteiger partial charge in [0.1, 0.15) is 17.7 Å². The Labute approximate surface area is 205 Å². The van der Waals surface area contributed by atoms with Crippen molar-refractivity contribution in [2.24, 2.45) is 0 Å². The maximum Gasteiger partial charge on any atom is 0.410 e. The predicted molar refractivity (Wildman–Crippen MR) is 134 cm³/mol. The van der Waals surface area contributed by atoms with Crippen molar-refractivity contribution in [2.45, 2.75) is 33.3 Å². The van der Waals surface area contributed by atoms with Crippen LogP contribution < -0.4 is 9.80 Å². The number of amides is 1. The van der Waals surface area contributed by atoms with E-state index in [4.69, 9.17) is 9.47 Å². The van der Waals surface area contributed by atoms with Crippen LogP contribution >= 0.6 is 0 Å². The second-order valence-electron chi connectivity index (χ2n) is 10.0. The minimum Gasteiger partial charge on any atom is -0.444 e. The summed E-state index contributed by atoms with van der Waals surface area (Å²) in [4.78, 5) is 27.7. The summed E-state index contributed by atoms with van der Waals surface area (Å²) in [5, 5.41) is 5.72. The van der Waals surface area contributed by atoms with Crippen molar-refractivity contribution in [3.8, 4) is 5.82 Å². The summed E-state index contributed by atoms with van der Waals surface area (Å²) in [5.74, 6) is 1.54. The molecule has 35 heavy (non-hydrogen) atoms. The topological polar surface area (TPSA) is 88.9 Å². The number of fused-ring (bicyclic) bond motifs is 1. The first-order chi connectivity index (χ1) is 16.8. The van der Waals surface area contributed by atoms with Crippen LogP contribution in [-0.2, 0) is 9.47 Å². The van der Waals surface area contributed by atoms with Crippen molar-refractivity contribution in [3.63, 3.8) is 0 Å². The molecule has 10 nitrogen and oxygen atoms in total. The van der Waals surface area contributed by atoms with Gasteiger partial charge in [0.15, 0.2) is 5.82 Å². The van der Waals surface area contributed by atoms with Gasteiger partial charge in [-0.2, -0.15) is 5.10 Å². The largest absolute Gasteiger partial charge is 0.444 e. The van der Waals surface area contributed by atoms with Crippen molar-refractivity contribution in [2.75, 3.05) is 62.3 Å². The third-order valence-electron chi connectivity index (χ3n) is 6.35. The van der Waals surface area contributed by atoms with Crippen LogP contribution in [0.15, 0.2) is 30.7 Å². The second kappa shape index (κ2) is 9.33. The van der Waals surface area contributed by atoms with Crippen LogP contribution in [0.3, 0.4) is 0 Å². The Hall–Kier alpha value is -3.40. The maximum absolute atomic E-state index is 12.4. The second-order valence-corrected chi connectivity index (χ2v) is 10.0. The van der Waals surface area contributed by atoms with Crippen LogP contribution in [0.25, 0.3) is 16.7 Å². The van der Waals surface area contributed by atoms with Gasteiger partial charge in [0.25, 0.3) is 0 Å². The fourth-order valence-corrected chi connectivity index (χ4v) is 4.57. The number of ether oxygens (including phenoxy) is 2. The van der Waals surface area contributed by atoms with Crippen LogP contribution in [0.1, 0.15) is 26.3 Å². The van der Waals surface area contributed by atoms with Crippen LogP contribution in [-0.4, -0.2) is 88.8 Å². The van der Waals surface area contributed by atoms with Gasteiger partial charge in [-0.1, -0.05) is 0 Å². The van der Waals surface area contributed by atoms with Crippen molar-refractivity contribution < 1.29 is 14.3 Å². The molecule has 0 spiro atoms. The Balaban J connectivity index is 1.36. The lowest BCUT2D eigenvalue weighted by Gasteiger charge is -2.36. The van der Waals surface area contributed by atoms with Crippen molar-refractivity contribution in [1.82, 2.24) is 24.6 Å².